The monoisotopic (exact) mass is 499 g/mol. The molecule has 5 rings (SSSR count). The van der Waals surface area contributed by atoms with Gasteiger partial charge in [-0.25, -0.2) is 4.98 Å². The molecule has 1 N–H and O–H groups in total. The molecule has 3 heterocycles. The maximum absolute atomic E-state index is 13.4. The Hall–Kier alpha value is -4.50. The quantitative estimate of drug-likeness (QED) is 0.167. The lowest BCUT2D eigenvalue weighted by molar-refractivity contribution is -0.132. The lowest BCUT2D eigenvalue weighted by Gasteiger charge is -2.23. The molecule has 1 aliphatic rings. The van der Waals surface area contributed by atoms with Crippen LogP contribution < -0.4 is 14.4 Å². The Morgan fingerprint density at radius 3 is 2.53 bits per heavy atom. The Morgan fingerprint density at radius 1 is 1.11 bits per heavy atom. The molecule has 0 saturated carbocycles. The van der Waals surface area contributed by atoms with E-state index in [1.165, 1.54) is 28.6 Å². The highest BCUT2D eigenvalue weighted by Gasteiger charge is 2.48. The van der Waals surface area contributed by atoms with Crippen LogP contribution in [0, 0.1) is 0 Å². The van der Waals surface area contributed by atoms with Gasteiger partial charge in [-0.15, -0.1) is 0 Å². The molecule has 36 heavy (non-hydrogen) atoms. The van der Waals surface area contributed by atoms with Crippen molar-refractivity contribution in [2.75, 3.05) is 18.6 Å². The zero-order chi connectivity index (χ0) is 25.2. The highest BCUT2D eigenvalue weighted by atomic mass is 32.1. The number of anilines is 1. The summed E-state index contributed by atoms with van der Waals surface area (Å²) >= 11 is 1.26. The predicted molar refractivity (Wildman–Crippen MR) is 137 cm³/mol. The molecule has 2 aromatic carbocycles. The van der Waals surface area contributed by atoms with Crippen LogP contribution in [0.3, 0.4) is 0 Å². The summed E-state index contributed by atoms with van der Waals surface area (Å²) in [6, 6.07) is 14.7. The van der Waals surface area contributed by atoms with E-state index in [0.29, 0.717) is 39.9 Å². The molecular formula is C27H21N3O5S. The average molecular weight is 500 g/mol. The van der Waals surface area contributed by atoms with Crippen LogP contribution in [0.1, 0.15) is 17.2 Å². The fraction of sp³-hybridized carbons (Fsp3) is 0.111. The molecule has 0 aliphatic carbocycles. The summed E-state index contributed by atoms with van der Waals surface area (Å²) in [5.74, 6) is -0.578. The molecule has 1 unspecified atom stereocenters. The summed E-state index contributed by atoms with van der Waals surface area (Å²) < 4.78 is 11.7. The molecular weight excluding hydrogens is 478 g/mol. The van der Waals surface area contributed by atoms with Gasteiger partial charge in [0.2, 0.25) is 0 Å². The fourth-order valence-electron chi connectivity index (χ4n) is 4.03. The van der Waals surface area contributed by atoms with Crippen molar-refractivity contribution in [3.8, 4) is 11.5 Å². The molecule has 1 fully saturated rings. The molecule has 0 bridgehead atoms. The second-order valence-electron chi connectivity index (χ2n) is 7.90. The molecule has 1 saturated heterocycles. The van der Waals surface area contributed by atoms with Crippen molar-refractivity contribution in [3.05, 3.63) is 96.3 Å². The summed E-state index contributed by atoms with van der Waals surface area (Å²) in [4.78, 5) is 36.6. The number of aliphatic hydroxyl groups excluding tert-OH is 1. The number of carbonyl (C=O) groups is 2. The van der Waals surface area contributed by atoms with Gasteiger partial charge in [-0.3, -0.25) is 19.5 Å². The topological polar surface area (TPSA) is 102 Å². The molecule has 1 aliphatic heterocycles. The van der Waals surface area contributed by atoms with Gasteiger partial charge >= 0.3 is 5.91 Å². The minimum absolute atomic E-state index is 0.0252. The first-order chi connectivity index (χ1) is 17.5. The van der Waals surface area contributed by atoms with Crippen LogP contribution in [0.25, 0.3) is 16.0 Å². The number of pyridine rings is 1. The van der Waals surface area contributed by atoms with Gasteiger partial charge in [-0.05, 0) is 48.0 Å². The second kappa shape index (κ2) is 9.63. The summed E-state index contributed by atoms with van der Waals surface area (Å²) in [7, 11) is 1.57. The van der Waals surface area contributed by atoms with Gasteiger partial charge in [0.25, 0.3) is 5.78 Å². The Bertz CT molecular complexity index is 1500. The van der Waals surface area contributed by atoms with Gasteiger partial charge in [0, 0.05) is 18.0 Å². The van der Waals surface area contributed by atoms with Gasteiger partial charge in [0.1, 0.15) is 23.9 Å². The SMILES string of the molecule is C=CCOc1ccc(C2/C(=C(\O)c3ccncc3)C(=O)C(=O)N2c2nc3ccc(OC)cc3s2)cc1. The van der Waals surface area contributed by atoms with Crippen molar-refractivity contribution in [3.63, 3.8) is 0 Å². The van der Waals surface area contributed by atoms with Crippen LogP contribution in [0.4, 0.5) is 5.13 Å². The van der Waals surface area contributed by atoms with E-state index in [-0.39, 0.29) is 11.3 Å². The Balaban J connectivity index is 1.67. The van der Waals surface area contributed by atoms with Crippen molar-refractivity contribution >= 4 is 44.1 Å². The van der Waals surface area contributed by atoms with E-state index in [0.717, 1.165) is 4.70 Å². The van der Waals surface area contributed by atoms with Crippen LogP contribution in [0.2, 0.25) is 0 Å². The van der Waals surface area contributed by atoms with Gasteiger partial charge in [0.15, 0.2) is 5.13 Å². The zero-order valence-electron chi connectivity index (χ0n) is 19.2. The number of fused-ring (bicyclic) bond motifs is 1. The van der Waals surface area contributed by atoms with Gasteiger partial charge < -0.3 is 14.6 Å². The van der Waals surface area contributed by atoms with E-state index in [1.54, 1.807) is 61.7 Å². The molecule has 0 radical (unpaired) electrons. The van der Waals surface area contributed by atoms with Crippen molar-refractivity contribution in [1.82, 2.24) is 9.97 Å². The maximum atomic E-state index is 13.4. The van der Waals surface area contributed by atoms with Crippen LogP contribution in [0.15, 0.2) is 85.2 Å². The number of amides is 1. The Kier molecular flexibility index (Phi) is 6.22. The van der Waals surface area contributed by atoms with E-state index in [2.05, 4.69) is 16.5 Å². The molecule has 1 amide bonds. The van der Waals surface area contributed by atoms with E-state index in [1.807, 2.05) is 6.07 Å². The number of thiazole rings is 1. The third kappa shape index (κ3) is 4.09. The van der Waals surface area contributed by atoms with Gasteiger partial charge in [-0.2, -0.15) is 0 Å². The summed E-state index contributed by atoms with van der Waals surface area (Å²) in [6.07, 6.45) is 4.65. The van der Waals surface area contributed by atoms with E-state index in [4.69, 9.17) is 9.47 Å². The zero-order valence-corrected chi connectivity index (χ0v) is 20.1. The molecule has 4 aromatic rings. The first-order valence-corrected chi connectivity index (χ1v) is 11.8. The lowest BCUT2D eigenvalue weighted by atomic mass is 9.95. The Morgan fingerprint density at radius 2 is 1.83 bits per heavy atom. The van der Waals surface area contributed by atoms with E-state index < -0.39 is 17.7 Å². The minimum Gasteiger partial charge on any atom is -0.507 e. The normalized spacial score (nSPS) is 16.9. The number of ether oxygens (including phenoxy) is 2. The lowest BCUT2D eigenvalue weighted by Crippen LogP contribution is -2.29. The van der Waals surface area contributed by atoms with E-state index >= 15 is 0 Å². The number of methoxy groups -OCH3 is 1. The fourth-order valence-corrected chi connectivity index (χ4v) is 5.06. The van der Waals surface area contributed by atoms with E-state index in [9.17, 15) is 14.7 Å². The van der Waals surface area contributed by atoms with Crippen LogP contribution in [-0.4, -0.2) is 40.5 Å². The number of hydrogen-bond donors (Lipinski definition) is 1. The molecule has 2 aromatic heterocycles. The standard InChI is InChI=1S/C27H21N3O5S/c1-3-14-35-18-6-4-16(5-7-18)23-22(24(31)17-10-12-28-13-11-17)25(32)26(33)30(23)27-29-20-9-8-19(34-2)15-21(20)36-27/h3-13,15,23,31H,1,14H2,2H3/b24-22+. The largest absolute Gasteiger partial charge is 0.507 e. The molecule has 1 atom stereocenters. The number of Topliss-reactive ketones (excluding diaryl/α,β-unsaturated/α-hetero) is 1. The third-order valence-corrected chi connectivity index (χ3v) is 6.77. The van der Waals surface area contributed by atoms with Crippen molar-refractivity contribution < 1.29 is 24.2 Å². The average Bonchev–Trinajstić information content (AvgIpc) is 3.45. The summed E-state index contributed by atoms with van der Waals surface area (Å²) in [6.45, 7) is 3.99. The number of aromatic nitrogens is 2. The molecule has 8 nitrogen and oxygen atoms in total. The first kappa shape index (κ1) is 23.3. The summed E-state index contributed by atoms with van der Waals surface area (Å²) in [5, 5.41) is 11.5. The van der Waals surface area contributed by atoms with Crippen LogP contribution in [0.5, 0.6) is 11.5 Å². The number of nitrogens with zero attached hydrogens (tertiary/aromatic N) is 3. The number of rotatable bonds is 7. The van der Waals surface area contributed by atoms with Crippen molar-refractivity contribution in [1.29, 1.82) is 0 Å². The van der Waals surface area contributed by atoms with Gasteiger partial charge in [0.05, 0.1) is 28.9 Å². The van der Waals surface area contributed by atoms with Crippen LogP contribution in [-0.2, 0) is 9.59 Å². The number of hydrogen-bond acceptors (Lipinski definition) is 8. The summed E-state index contributed by atoms with van der Waals surface area (Å²) in [5.41, 5.74) is 1.64. The minimum atomic E-state index is -0.894. The second-order valence-corrected chi connectivity index (χ2v) is 8.91. The number of aliphatic hydroxyl groups is 1. The van der Waals surface area contributed by atoms with Gasteiger partial charge in [-0.1, -0.05) is 36.1 Å². The van der Waals surface area contributed by atoms with Crippen molar-refractivity contribution in [2.24, 2.45) is 0 Å². The smallest absolute Gasteiger partial charge is 0.301 e. The predicted octanol–water partition coefficient (Wildman–Crippen LogP) is 4.89. The molecule has 0 spiro atoms. The maximum Gasteiger partial charge on any atom is 0.301 e. The Labute approximate surface area is 210 Å². The molecule has 9 heteroatoms. The highest BCUT2D eigenvalue weighted by molar-refractivity contribution is 7.22. The number of benzene rings is 2. The number of carbonyl (C=O) groups excluding carboxylic acids is 2. The third-order valence-electron chi connectivity index (χ3n) is 5.75. The highest BCUT2D eigenvalue weighted by Crippen LogP contribution is 2.44. The van der Waals surface area contributed by atoms with Crippen molar-refractivity contribution in [2.45, 2.75) is 6.04 Å². The van der Waals surface area contributed by atoms with Crippen LogP contribution >= 0.6 is 11.3 Å². The molecule has 180 valence electrons. The number of ketones is 1. The first-order valence-electron chi connectivity index (χ1n) is 11.0.